The van der Waals surface area contributed by atoms with Crippen LogP contribution in [0.15, 0.2) is 84.0 Å². The lowest BCUT2D eigenvalue weighted by Crippen LogP contribution is -2.24. The summed E-state index contributed by atoms with van der Waals surface area (Å²) in [6, 6.07) is 23.2. The smallest absolute Gasteiger partial charge is 0.278 e. The fourth-order valence-corrected chi connectivity index (χ4v) is 2.56. The molecule has 3 rings (SSSR count). The molecular formula is C21H17N3O4. The van der Waals surface area contributed by atoms with Gasteiger partial charge in [0.15, 0.2) is 6.61 Å². The molecule has 0 bridgehead atoms. The van der Waals surface area contributed by atoms with E-state index in [1.54, 1.807) is 24.3 Å². The molecule has 0 aromatic heterocycles. The van der Waals surface area contributed by atoms with Gasteiger partial charge in [-0.1, -0.05) is 60.7 Å². The van der Waals surface area contributed by atoms with E-state index < -0.39 is 10.8 Å². The van der Waals surface area contributed by atoms with E-state index in [4.69, 9.17) is 4.74 Å². The van der Waals surface area contributed by atoms with Gasteiger partial charge in [-0.2, -0.15) is 5.10 Å². The summed E-state index contributed by atoms with van der Waals surface area (Å²) in [5.74, 6) is 0.101. The molecule has 0 radical (unpaired) electrons. The van der Waals surface area contributed by atoms with E-state index in [0.717, 1.165) is 11.1 Å². The van der Waals surface area contributed by atoms with Crippen LogP contribution >= 0.6 is 0 Å². The van der Waals surface area contributed by atoms with Crippen molar-refractivity contribution < 1.29 is 14.5 Å². The summed E-state index contributed by atoms with van der Waals surface area (Å²) in [7, 11) is 0. The number of amides is 1. The maximum Gasteiger partial charge on any atom is 0.278 e. The third-order valence-electron chi connectivity index (χ3n) is 3.86. The number of nitrogens with one attached hydrogen (secondary N) is 1. The number of rotatable bonds is 7. The summed E-state index contributed by atoms with van der Waals surface area (Å²) in [6.45, 7) is -0.238. The number of carbonyl (C=O) groups is 1. The van der Waals surface area contributed by atoms with Gasteiger partial charge in [0, 0.05) is 11.6 Å². The fraction of sp³-hybridized carbons (Fsp3) is 0.0476. The molecule has 0 aliphatic carbocycles. The Morgan fingerprint density at radius 2 is 1.68 bits per heavy atom. The van der Waals surface area contributed by atoms with Gasteiger partial charge < -0.3 is 4.74 Å². The quantitative estimate of drug-likeness (QED) is 0.386. The number of benzene rings is 3. The van der Waals surface area contributed by atoms with Crippen LogP contribution in [0, 0.1) is 10.1 Å². The second-order valence-corrected chi connectivity index (χ2v) is 5.76. The zero-order valence-corrected chi connectivity index (χ0v) is 14.8. The molecule has 7 heteroatoms. The van der Waals surface area contributed by atoms with Crippen LogP contribution in [0.1, 0.15) is 5.56 Å². The van der Waals surface area contributed by atoms with Gasteiger partial charge in [-0.05, 0) is 17.7 Å². The number of nitro benzene ring substituents is 1. The van der Waals surface area contributed by atoms with Crippen LogP contribution in [0.25, 0.3) is 11.1 Å². The Kier molecular flexibility index (Phi) is 6.10. The summed E-state index contributed by atoms with van der Waals surface area (Å²) in [5, 5.41) is 14.7. The molecule has 0 heterocycles. The first-order valence-corrected chi connectivity index (χ1v) is 8.48. The highest BCUT2D eigenvalue weighted by molar-refractivity contribution is 5.86. The van der Waals surface area contributed by atoms with Crippen molar-refractivity contribution in [3.05, 3.63) is 94.5 Å². The zero-order valence-electron chi connectivity index (χ0n) is 14.8. The second-order valence-electron chi connectivity index (χ2n) is 5.76. The number of hydrazone groups is 1. The molecule has 7 nitrogen and oxygen atoms in total. The van der Waals surface area contributed by atoms with E-state index >= 15 is 0 Å². The Bertz CT molecular complexity index is 1000. The molecule has 3 aromatic carbocycles. The highest BCUT2D eigenvalue weighted by atomic mass is 16.6. The Morgan fingerprint density at radius 3 is 2.46 bits per heavy atom. The Balaban J connectivity index is 1.61. The lowest BCUT2D eigenvalue weighted by molar-refractivity contribution is -0.385. The van der Waals surface area contributed by atoms with E-state index in [1.807, 2.05) is 48.5 Å². The average molecular weight is 375 g/mol. The van der Waals surface area contributed by atoms with Crippen LogP contribution in [-0.4, -0.2) is 23.7 Å². The maximum absolute atomic E-state index is 12.0. The third kappa shape index (κ3) is 4.79. The molecule has 28 heavy (non-hydrogen) atoms. The summed E-state index contributed by atoms with van der Waals surface area (Å²) >= 11 is 0. The van der Waals surface area contributed by atoms with E-state index in [9.17, 15) is 14.9 Å². The summed E-state index contributed by atoms with van der Waals surface area (Å²) in [5.41, 5.74) is 4.37. The first-order chi connectivity index (χ1) is 13.6. The van der Waals surface area contributed by atoms with Crippen molar-refractivity contribution in [1.82, 2.24) is 5.43 Å². The highest BCUT2D eigenvalue weighted by Gasteiger charge is 2.11. The molecule has 0 fully saturated rings. The van der Waals surface area contributed by atoms with Crippen LogP contribution in [0.4, 0.5) is 5.69 Å². The number of nitrogens with zero attached hydrogens (tertiary/aromatic N) is 2. The largest absolute Gasteiger partial charge is 0.483 e. The maximum atomic E-state index is 12.0. The topological polar surface area (TPSA) is 93.8 Å². The summed E-state index contributed by atoms with van der Waals surface area (Å²) < 4.78 is 5.62. The Morgan fingerprint density at radius 1 is 1.00 bits per heavy atom. The van der Waals surface area contributed by atoms with Crippen molar-refractivity contribution >= 4 is 17.8 Å². The lowest BCUT2D eigenvalue weighted by atomic mass is 10.1. The average Bonchev–Trinajstić information content (AvgIpc) is 2.73. The molecule has 140 valence electrons. The van der Waals surface area contributed by atoms with Crippen molar-refractivity contribution in [3.8, 4) is 16.9 Å². The van der Waals surface area contributed by atoms with Crippen LogP contribution < -0.4 is 10.2 Å². The minimum atomic E-state index is -0.507. The van der Waals surface area contributed by atoms with Gasteiger partial charge >= 0.3 is 0 Å². The Hall–Kier alpha value is -4.00. The minimum Gasteiger partial charge on any atom is -0.483 e. The molecule has 0 aliphatic heterocycles. The van der Waals surface area contributed by atoms with E-state index in [-0.39, 0.29) is 12.3 Å². The molecule has 0 aliphatic rings. The van der Waals surface area contributed by atoms with E-state index in [0.29, 0.717) is 11.3 Å². The zero-order chi connectivity index (χ0) is 19.8. The van der Waals surface area contributed by atoms with Crippen molar-refractivity contribution in [1.29, 1.82) is 0 Å². The highest BCUT2D eigenvalue weighted by Crippen LogP contribution is 2.29. The van der Waals surface area contributed by atoms with E-state index in [1.165, 1.54) is 12.3 Å². The van der Waals surface area contributed by atoms with Gasteiger partial charge in [0.25, 0.3) is 11.6 Å². The molecule has 0 atom stereocenters. The standard InChI is InChI=1S/C21H17N3O4/c25-21(23-22-14-17-10-4-6-12-19(17)24(26)27)15-28-20-13-7-5-11-18(20)16-8-2-1-3-9-16/h1-14H,15H2,(H,23,25)/b22-14+. The fourth-order valence-electron chi connectivity index (χ4n) is 2.56. The molecular weight excluding hydrogens is 358 g/mol. The van der Waals surface area contributed by atoms with Crippen molar-refractivity contribution in [2.45, 2.75) is 0 Å². The van der Waals surface area contributed by atoms with E-state index in [2.05, 4.69) is 10.5 Å². The normalized spacial score (nSPS) is 10.6. The first kappa shape index (κ1) is 18.8. The monoisotopic (exact) mass is 375 g/mol. The molecule has 0 saturated carbocycles. The molecule has 3 aromatic rings. The van der Waals surface area contributed by atoms with Crippen LogP contribution in [-0.2, 0) is 4.79 Å². The van der Waals surface area contributed by atoms with Crippen LogP contribution in [0.2, 0.25) is 0 Å². The number of carbonyl (C=O) groups excluding carboxylic acids is 1. The van der Waals surface area contributed by atoms with Gasteiger partial charge in [0.1, 0.15) is 5.75 Å². The third-order valence-corrected chi connectivity index (χ3v) is 3.86. The van der Waals surface area contributed by atoms with Gasteiger partial charge in [-0.25, -0.2) is 5.43 Å². The van der Waals surface area contributed by atoms with Crippen LogP contribution in [0.5, 0.6) is 5.75 Å². The number of hydrogen-bond donors (Lipinski definition) is 1. The molecule has 0 spiro atoms. The number of para-hydroxylation sites is 2. The predicted octanol–water partition coefficient (Wildman–Crippen LogP) is 3.79. The van der Waals surface area contributed by atoms with Gasteiger partial charge in [-0.15, -0.1) is 0 Å². The SMILES string of the molecule is O=C(COc1ccccc1-c1ccccc1)N/N=C/c1ccccc1[N+](=O)[O-]. The first-order valence-electron chi connectivity index (χ1n) is 8.48. The number of nitro groups is 1. The summed E-state index contributed by atoms with van der Waals surface area (Å²) in [6.07, 6.45) is 1.23. The predicted molar refractivity (Wildman–Crippen MR) is 106 cm³/mol. The number of ether oxygens (including phenoxy) is 1. The van der Waals surface area contributed by atoms with Gasteiger partial charge in [-0.3, -0.25) is 14.9 Å². The van der Waals surface area contributed by atoms with Crippen molar-refractivity contribution in [2.24, 2.45) is 5.10 Å². The molecule has 0 unspecified atom stereocenters. The Labute approximate surface area is 161 Å². The second kappa shape index (κ2) is 9.09. The van der Waals surface area contributed by atoms with Crippen molar-refractivity contribution in [2.75, 3.05) is 6.61 Å². The number of hydrogen-bond acceptors (Lipinski definition) is 5. The van der Waals surface area contributed by atoms with Crippen molar-refractivity contribution in [3.63, 3.8) is 0 Å². The summed E-state index contributed by atoms with van der Waals surface area (Å²) in [4.78, 5) is 22.4. The molecule has 0 saturated heterocycles. The molecule has 1 N–H and O–H groups in total. The lowest BCUT2D eigenvalue weighted by Gasteiger charge is -2.10. The van der Waals surface area contributed by atoms with Gasteiger partial charge in [0.05, 0.1) is 16.7 Å². The minimum absolute atomic E-state index is 0.0893. The van der Waals surface area contributed by atoms with Gasteiger partial charge in [0.2, 0.25) is 0 Å². The molecule has 1 amide bonds. The van der Waals surface area contributed by atoms with Crippen LogP contribution in [0.3, 0.4) is 0 Å².